The van der Waals surface area contributed by atoms with Crippen LogP contribution in [0.4, 0.5) is 5.69 Å². The average Bonchev–Trinajstić information content (AvgIpc) is 2.68. The minimum Gasteiger partial charge on any atom is -0.392 e. The van der Waals surface area contributed by atoms with E-state index in [4.69, 9.17) is 0 Å². The van der Waals surface area contributed by atoms with Crippen LogP contribution in [-0.4, -0.2) is 71.2 Å². The van der Waals surface area contributed by atoms with Crippen LogP contribution in [0.2, 0.25) is 0 Å². The monoisotopic (exact) mass is 447 g/mol. The van der Waals surface area contributed by atoms with E-state index in [-0.39, 0.29) is 17.0 Å². The Morgan fingerprint density at radius 1 is 0.781 bits per heavy atom. The van der Waals surface area contributed by atoms with Crippen molar-refractivity contribution in [2.75, 3.05) is 32.6 Å². The van der Waals surface area contributed by atoms with E-state index in [0.29, 0.717) is 6.54 Å². The van der Waals surface area contributed by atoms with E-state index in [1.165, 1.54) is 16.7 Å². The minimum atomic E-state index is -0.743. The van der Waals surface area contributed by atoms with E-state index in [2.05, 4.69) is 72.1 Å². The Bertz CT molecular complexity index is 824. The molecule has 5 nitrogen and oxygen atoms in total. The third-order valence-electron chi connectivity index (χ3n) is 8.79. The van der Waals surface area contributed by atoms with Gasteiger partial charge in [-0.15, -0.1) is 0 Å². The van der Waals surface area contributed by atoms with Crippen LogP contribution in [0.5, 0.6) is 0 Å². The first kappa shape index (κ1) is 28.6. The zero-order chi connectivity index (χ0) is 25.6. The van der Waals surface area contributed by atoms with Gasteiger partial charge in [-0.2, -0.15) is 0 Å². The molecule has 0 saturated carbocycles. The maximum absolute atomic E-state index is 14.0. The molecule has 0 aliphatic carbocycles. The predicted octanol–water partition coefficient (Wildman–Crippen LogP) is 4.77. The molecule has 0 aromatic heterocycles. The summed E-state index contributed by atoms with van der Waals surface area (Å²) in [5.41, 5.74) is 5.73. The lowest BCUT2D eigenvalue weighted by Gasteiger charge is -2.56. The molecule has 184 valence electrons. The molecule has 0 aliphatic heterocycles. The summed E-state index contributed by atoms with van der Waals surface area (Å²) >= 11 is 0. The first-order valence-electron chi connectivity index (χ1n) is 11.7. The molecule has 32 heavy (non-hydrogen) atoms. The topological polar surface area (TPSA) is 47.0 Å². The van der Waals surface area contributed by atoms with Gasteiger partial charge in [-0.1, -0.05) is 0 Å². The number of carbonyl (C=O) groups excluding carboxylic acids is 1. The molecule has 0 saturated heterocycles. The standard InChI is InChI=1S/C27H49N3O2/c1-17(31)16-28(13)26(9,10)27(11,12)30(15)25(7,8)24(32)29(14)23-21(5)19(3)18(2)20(4)22(23)6/h17,31H,16H2,1-15H3. The SMILES string of the molecule is Cc1c(C)c(C)c(N(C)C(=O)C(C)(C)N(C)C(C)(C)C(C)(C)N(C)CC(C)O)c(C)c1C. The fourth-order valence-corrected chi connectivity index (χ4v) is 4.84. The Hall–Kier alpha value is -1.43. The summed E-state index contributed by atoms with van der Waals surface area (Å²) in [6.07, 6.45) is -0.417. The van der Waals surface area contributed by atoms with Gasteiger partial charge in [-0.05, 0) is 125 Å². The largest absolute Gasteiger partial charge is 0.392 e. The van der Waals surface area contributed by atoms with Gasteiger partial charge in [0.1, 0.15) is 0 Å². The Morgan fingerprint density at radius 3 is 1.53 bits per heavy atom. The van der Waals surface area contributed by atoms with E-state index < -0.39 is 11.6 Å². The number of likely N-dealkylation sites (N-methyl/N-ethyl adjacent to an activating group) is 3. The van der Waals surface area contributed by atoms with Crippen LogP contribution < -0.4 is 4.90 Å². The van der Waals surface area contributed by atoms with E-state index in [0.717, 1.165) is 16.8 Å². The second-order valence-corrected chi connectivity index (χ2v) is 11.3. The van der Waals surface area contributed by atoms with Crippen LogP contribution in [0.15, 0.2) is 0 Å². The van der Waals surface area contributed by atoms with Crippen LogP contribution in [0.25, 0.3) is 0 Å². The highest BCUT2D eigenvalue weighted by Crippen LogP contribution is 2.38. The number of amides is 1. The van der Waals surface area contributed by atoms with Gasteiger partial charge in [0.25, 0.3) is 0 Å². The third kappa shape index (κ3) is 4.76. The molecule has 0 bridgehead atoms. The number of nitrogens with zero attached hydrogens (tertiary/aromatic N) is 3. The molecule has 1 rings (SSSR count). The Morgan fingerprint density at radius 2 is 1.16 bits per heavy atom. The molecule has 5 heteroatoms. The van der Waals surface area contributed by atoms with Crippen molar-refractivity contribution in [2.24, 2.45) is 0 Å². The van der Waals surface area contributed by atoms with Gasteiger partial charge in [-0.25, -0.2) is 0 Å². The molecule has 1 unspecified atom stereocenters. The fourth-order valence-electron chi connectivity index (χ4n) is 4.84. The molecular weight excluding hydrogens is 398 g/mol. The number of anilines is 1. The smallest absolute Gasteiger partial charge is 0.246 e. The maximum atomic E-state index is 14.0. The quantitative estimate of drug-likeness (QED) is 0.623. The van der Waals surface area contributed by atoms with Crippen molar-refractivity contribution in [1.82, 2.24) is 9.80 Å². The van der Waals surface area contributed by atoms with Crippen LogP contribution in [0.1, 0.15) is 76.3 Å². The molecule has 0 fully saturated rings. The summed E-state index contributed by atoms with van der Waals surface area (Å²) in [5.74, 6) is 0.0657. The molecule has 1 N–H and O–H groups in total. The van der Waals surface area contributed by atoms with Gasteiger partial charge in [0.15, 0.2) is 0 Å². The highest BCUT2D eigenvalue weighted by Gasteiger charge is 2.50. The number of β-amino-alcohol motifs (C(OH)–C–C–N with tert-alkyl or cyclic N) is 1. The molecule has 1 atom stereocenters. The van der Waals surface area contributed by atoms with Gasteiger partial charge >= 0.3 is 0 Å². The maximum Gasteiger partial charge on any atom is 0.246 e. The van der Waals surface area contributed by atoms with Gasteiger partial charge in [0.2, 0.25) is 5.91 Å². The third-order valence-corrected chi connectivity index (χ3v) is 8.79. The van der Waals surface area contributed by atoms with E-state index >= 15 is 0 Å². The lowest BCUT2D eigenvalue weighted by molar-refractivity contribution is -0.136. The zero-order valence-corrected chi connectivity index (χ0v) is 23.5. The van der Waals surface area contributed by atoms with Crippen molar-refractivity contribution in [3.05, 3.63) is 27.8 Å². The molecule has 1 amide bonds. The average molecular weight is 448 g/mol. The van der Waals surface area contributed by atoms with Crippen LogP contribution >= 0.6 is 0 Å². The first-order chi connectivity index (χ1) is 14.2. The Balaban J connectivity index is 3.43. The number of aliphatic hydroxyl groups is 1. The van der Waals surface area contributed by atoms with Crippen LogP contribution in [-0.2, 0) is 4.79 Å². The lowest BCUT2D eigenvalue weighted by Crippen LogP contribution is -2.70. The predicted molar refractivity (Wildman–Crippen MR) is 138 cm³/mol. The minimum absolute atomic E-state index is 0.0657. The number of benzene rings is 1. The highest BCUT2D eigenvalue weighted by molar-refractivity contribution is 6.01. The summed E-state index contributed by atoms with van der Waals surface area (Å²) in [5, 5.41) is 9.94. The zero-order valence-electron chi connectivity index (χ0n) is 23.5. The van der Waals surface area contributed by atoms with Crippen molar-refractivity contribution in [2.45, 2.75) is 106 Å². The normalized spacial score (nSPS) is 14.3. The number of hydrogen-bond donors (Lipinski definition) is 1. The number of hydrogen-bond acceptors (Lipinski definition) is 4. The summed E-state index contributed by atoms with van der Waals surface area (Å²) in [6, 6.07) is 0. The molecule has 0 radical (unpaired) electrons. The Labute approximate surface area is 197 Å². The highest BCUT2D eigenvalue weighted by atomic mass is 16.3. The van der Waals surface area contributed by atoms with Crippen molar-refractivity contribution in [3.8, 4) is 0 Å². The number of rotatable bonds is 8. The van der Waals surface area contributed by atoms with Crippen LogP contribution in [0.3, 0.4) is 0 Å². The first-order valence-corrected chi connectivity index (χ1v) is 11.7. The van der Waals surface area contributed by atoms with Crippen molar-refractivity contribution in [3.63, 3.8) is 0 Å². The van der Waals surface area contributed by atoms with Crippen LogP contribution in [0, 0.1) is 34.6 Å². The Kier molecular flexibility index (Phi) is 8.44. The van der Waals surface area contributed by atoms with E-state index in [1.54, 1.807) is 0 Å². The number of aliphatic hydroxyl groups excluding tert-OH is 1. The summed E-state index contributed by atoms with van der Waals surface area (Å²) < 4.78 is 0. The van der Waals surface area contributed by atoms with E-state index in [9.17, 15) is 9.90 Å². The fraction of sp³-hybridized carbons (Fsp3) is 0.741. The number of carbonyl (C=O) groups is 1. The second kappa shape index (κ2) is 9.44. The lowest BCUT2D eigenvalue weighted by atomic mass is 9.77. The molecule has 1 aromatic carbocycles. The van der Waals surface area contributed by atoms with Gasteiger partial charge in [-0.3, -0.25) is 14.6 Å². The molecular formula is C27H49N3O2. The van der Waals surface area contributed by atoms with Crippen molar-refractivity contribution < 1.29 is 9.90 Å². The summed E-state index contributed by atoms with van der Waals surface area (Å²) in [6.45, 7) is 25.8. The summed E-state index contributed by atoms with van der Waals surface area (Å²) in [7, 11) is 5.97. The van der Waals surface area contributed by atoms with Crippen molar-refractivity contribution >= 4 is 11.6 Å². The second-order valence-electron chi connectivity index (χ2n) is 11.3. The molecule has 0 heterocycles. The molecule has 0 spiro atoms. The van der Waals surface area contributed by atoms with Gasteiger partial charge in [0, 0.05) is 30.4 Å². The van der Waals surface area contributed by atoms with Gasteiger partial charge in [0.05, 0.1) is 11.6 Å². The molecule has 0 aliphatic rings. The van der Waals surface area contributed by atoms with E-state index in [1.807, 2.05) is 46.8 Å². The van der Waals surface area contributed by atoms with Crippen molar-refractivity contribution in [1.29, 1.82) is 0 Å². The summed E-state index contributed by atoms with van der Waals surface area (Å²) in [4.78, 5) is 20.2. The van der Waals surface area contributed by atoms with Gasteiger partial charge < -0.3 is 10.0 Å². The molecule has 1 aromatic rings.